The van der Waals surface area contributed by atoms with Gasteiger partial charge < -0.3 is 20.6 Å². The molecule has 2 aliphatic rings. The molecule has 1 aromatic carbocycles. The Balaban J connectivity index is 1.75. The van der Waals surface area contributed by atoms with Gasteiger partial charge in [0, 0.05) is 19.6 Å². The van der Waals surface area contributed by atoms with Gasteiger partial charge in [0.1, 0.15) is 11.8 Å². The lowest BCUT2D eigenvalue weighted by atomic mass is 10.0. The van der Waals surface area contributed by atoms with Crippen LogP contribution < -0.4 is 15.5 Å². The molecule has 6 nitrogen and oxygen atoms in total. The summed E-state index contributed by atoms with van der Waals surface area (Å²) in [4.78, 5) is 17.6. The number of carbonyl (C=O) groups is 1. The van der Waals surface area contributed by atoms with Gasteiger partial charge in [0.25, 0.3) is 0 Å². The van der Waals surface area contributed by atoms with Gasteiger partial charge in [-0.1, -0.05) is 19.4 Å². The van der Waals surface area contributed by atoms with E-state index in [-0.39, 0.29) is 6.04 Å². The summed E-state index contributed by atoms with van der Waals surface area (Å²) < 4.78 is 0. The average Bonchev–Trinajstić information content (AvgIpc) is 2.56. The number of hydrogen-bond donors (Lipinski definition) is 3. The van der Waals surface area contributed by atoms with Crippen LogP contribution in [-0.2, 0) is 17.8 Å². The Kier molecular flexibility index (Phi) is 5.15. The minimum atomic E-state index is -0.812. The van der Waals surface area contributed by atoms with Crippen molar-refractivity contribution < 1.29 is 14.7 Å². The highest BCUT2D eigenvalue weighted by Crippen LogP contribution is 2.24. The van der Waals surface area contributed by atoms with Crippen molar-refractivity contribution >= 4 is 5.97 Å². The fourth-order valence-corrected chi connectivity index (χ4v) is 3.42. The van der Waals surface area contributed by atoms with Crippen LogP contribution in [0.25, 0.3) is 0 Å². The number of aliphatic carboxylic acids is 1. The van der Waals surface area contributed by atoms with E-state index in [0.717, 1.165) is 38.1 Å². The summed E-state index contributed by atoms with van der Waals surface area (Å²) in [6, 6.07) is 5.45. The summed E-state index contributed by atoms with van der Waals surface area (Å²) in [5.74, 6) is -0.00828. The molecule has 1 aromatic rings. The lowest BCUT2D eigenvalue weighted by molar-refractivity contribution is -0.157. The van der Waals surface area contributed by atoms with Crippen LogP contribution in [0, 0.1) is 0 Å². The Bertz CT molecular complexity index is 564. The number of hydroxylamine groups is 2. The molecule has 126 valence electrons. The smallest absolute Gasteiger partial charge is 0.322 e. The number of benzene rings is 1. The van der Waals surface area contributed by atoms with Crippen molar-refractivity contribution in [3.63, 3.8) is 0 Å². The van der Waals surface area contributed by atoms with Crippen molar-refractivity contribution in [3.8, 4) is 5.75 Å². The van der Waals surface area contributed by atoms with Crippen LogP contribution >= 0.6 is 0 Å². The van der Waals surface area contributed by atoms with Crippen LogP contribution in [0.3, 0.4) is 0 Å². The normalized spacial score (nSPS) is 24.9. The first-order valence-electron chi connectivity index (χ1n) is 8.42. The predicted molar refractivity (Wildman–Crippen MR) is 87.3 cm³/mol. The second kappa shape index (κ2) is 7.29. The first-order valence-corrected chi connectivity index (χ1v) is 8.42. The highest BCUT2D eigenvalue weighted by molar-refractivity contribution is 5.74. The molecule has 2 unspecified atom stereocenters. The third kappa shape index (κ3) is 3.65. The molecule has 0 spiro atoms. The fourth-order valence-electron chi connectivity index (χ4n) is 3.42. The van der Waals surface area contributed by atoms with E-state index in [1.165, 1.54) is 11.1 Å². The van der Waals surface area contributed by atoms with Crippen LogP contribution in [0.5, 0.6) is 5.75 Å². The van der Waals surface area contributed by atoms with Crippen molar-refractivity contribution in [3.05, 3.63) is 29.3 Å². The van der Waals surface area contributed by atoms with E-state index < -0.39 is 12.0 Å². The quantitative estimate of drug-likeness (QED) is 0.756. The van der Waals surface area contributed by atoms with Crippen LogP contribution in [0.1, 0.15) is 30.9 Å². The number of nitrogens with one attached hydrogen (secondary N) is 2. The Morgan fingerprint density at radius 3 is 3.04 bits per heavy atom. The molecular formula is C17H25N3O3. The van der Waals surface area contributed by atoms with Crippen LogP contribution in [0.4, 0.5) is 0 Å². The molecule has 3 rings (SSSR count). The van der Waals surface area contributed by atoms with E-state index in [1.54, 1.807) is 0 Å². The first kappa shape index (κ1) is 16.2. The molecule has 2 heterocycles. The summed E-state index contributed by atoms with van der Waals surface area (Å²) in [6.07, 6.45) is 2.72. The monoisotopic (exact) mass is 319 g/mol. The Hall–Kier alpha value is -1.63. The summed E-state index contributed by atoms with van der Waals surface area (Å²) in [5, 5.41) is 17.7. The number of carboxylic acid groups (broad SMARTS) is 1. The van der Waals surface area contributed by atoms with Gasteiger partial charge >= 0.3 is 5.97 Å². The third-order valence-electron chi connectivity index (χ3n) is 4.59. The Morgan fingerprint density at radius 2 is 2.26 bits per heavy atom. The van der Waals surface area contributed by atoms with Crippen molar-refractivity contribution in [1.29, 1.82) is 0 Å². The molecule has 0 bridgehead atoms. The average molecular weight is 319 g/mol. The standard InChI is InChI=1S/C17H25N3O3/c1-2-3-15-16(17(21)22)19-8-9-20(15)23-14-5-4-13-11-18-7-6-12(13)10-14/h4-5,10,15-16,18-19H,2-3,6-9,11H2,1H3,(H,21,22). The van der Waals surface area contributed by atoms with Gasteiger partial charge in [0.05, 0.1) is 6.04 Å². The molecule has 2 atom stereocenters. The number of piperazine rings is 1. The number of carboxylic acids is 1. The van der Waals surface area contributed by atoms with Gasteiger partial charge in [0.2, 0.25) is 0 Å². The summed E-state index contributed by atoms with van der Waals surface area (Å²) >= 11 is 0. The van der Waals surface area contributed by atoms with Gasteiger partial charge in [-0.15, -0.1) is 5.06 Å². The van der Waals surface area contributed by atoms with Gasteiger partial charge in [-0.05, 0) is 42.6 Å². The molecule has 1 fully saturated rings. The van der Waals surface area contributed by atoms with Crippen molar-refractivity contribution in [1.82, 2.24) is 15.7 Å². The zero-order valence-electron chi connectivity index (χ0n) is 13.5. The molecule has 0 aromatic heterocycles. The van der Waals surface area contributed by atoms with E-state index in [1.807, 2.05) is 11.1 Å². The minimum absolute atomic E-state index is 0.149. The van der Waals surface area contributed by atoms with Crippen LogP contribution in [0.2, 0.25) is 0 Å². The number of nitrogens with zero attached hydrogens (tertiary/aromatic N) is 1. The van der Waals surface area contributed by atoms with Gasteiger partial charge in [-0.2, -0.15) is 0 Å². The third-order valence-corrected chi connectivity index (χ3v) is 4.59. The molecule has 2 aliphatic heterocycles. The molecule has 0 aliphatic carbocycles. The lowest BCUT2D eigenvalue weighted by Crippen LogP contribution is -2.61. The van der Waals surface area contributed by atoms with Crippen molar-refractivity contribution in [2.75, 3.05) is 19.6 Å². The number of fused-ring (bicyclic) bond motifs is 1. The molecule has 0 radical (unpaired) electrons. The number of rotatable bonds is 5. The maximum atomic E-state index is 11.5. The molecule has 0 amide bonds. The Labute approximate surface area is 136 Å². The molecule has 1 saturated heterocycles. The van der Waals surface area contributed by atoms with E-state index in [2.05, 4.69) is 29.7 Å². The lowest BCUT2D eigenvalue weighted by Gasteiger charge is -2.39. The predicted octanol–water partition coefficient (Wildman–Crippen LogP) is 1.15. The minimum Gasteiger partial charge on any atom is -0.480 e. The highest BCUT2D eigenvalue weighted by Gasteiger charge is 2.36. The molecule has 0 saturated carbocycles. The van der Waals surface area contributed by atoms with E-state index >= 15 is 0 Å². The van der Waals surface area contributed by atoms with Crippen molar-refractivity contribution in [2.45, 2.75) is 44.8 Å². The van der Waals surface area contributed by atoms with E-state index in [4.69, 9.17) is 4.84 Å². The topological polar surface area (TPSA) is 73.8 Å². The zero-order valence-corrected chi connectivity index (χ0v) is 13.5. The summed E-state index contributed by atoms with van der Waals surface area (Å²) in [6.45, 7) is 5.27. The Morgan fingerprint density at radius 1 is 1.39 bits per heavy atom. The summed E-state index contributed by atoms with van der Waals surface area (Å²) in [5.41, 5.74) is 2.63. The van der Waals surface area contributed by atoms with E-state index in [9.17, 15) is 9.90 Å². The second-order valence-electron chi connectivity index (χ2n) is 6.22. The van der Waals surface area contributed by atoms with E-state index in [0.29, 0.717) is 13.1 Å². The molecule has 23 heavy (non-hydrogen) atoms. The van der Waals surface area contributed by atoms with Gasteiger partial charge in [-0.25, -0.2) is 0 Å². The maximum absolute atomic E-state index is 11.5. The fraction of sp³-hybridized carbons (Fsp3) is 0.588. The van der Waals surface area contributed by atoms with Crippen LogP contribution in [0.15, 0.2) is 18.2 Å². The molecular weight excluding hydrogens is 294 g/mol. The number of hydrogen-bond acceptors (Lipinski definition) is 5. The van der Waals surface area contributed by atoms with Crippen LogP contribution in [-0.4, -0.2) is 47.9 Å². The van der Waals surface area contributed by atoms with Gasteiger partial charge in [0.15, 0.2) is 0 Å². The maximum Gasteiger partial charge on any atom is 0.322 e. The second-order valence-corrected chi connectivity index (χ2v) is 6.22. The molecule has 6 heteroatoms. The van der Waals surface area contributed by atoms with Crippen molar-refractivity contribution in [2.24, 2.45) is 0 Å². The molecule has 3 N–H and O–H groups in total. The first-order chi connectivity index (χ1) is 11.2. The highest BCUT2D eigenvalue weighted by atomic mass is 16.7. The largest absolute Gasteiger partial charge is 0.480 e. The van der Waals surface area contributed by atoms with Gasteiger partial charge in [-0.3, -0.25) is 4.79 Å². The SMILES string of the molecule is CCCC1C(C(=O)O)NCCN1Oc1ccc2c(c1)CCNC2. The summed E-state index contributed by atoms with van der Waals surface area (Å²) in [7, 11) is 0. The zero-order chi connectivity index (χ0) is 16.2.